The third-order valence-corrected chi connectivity index (χ3v) is 7.76. The van der Waals surface area contributed by atoms with Crippen molar-refractivity contribution in [2.45, 2.75) is 29.3 Å². The number of halogens is 10. The summed E-state index contributed by atoms with van der Waals surface area (Å²) in [6, 6.07) is 4.20. The second-order valence-corrected chi connectivity index (χ2v) is 11.8. The second-order valence-electron chi connectivity index (χ2n) is 4.62. The number of aliphatic hydroxyl groups is 1. The molecule has 1 rings (SSSR count). The highest BCUT2D eigenvalue weighted by molar-refractivity contribution is 6.76. The molecular formula is C12H8Cl10O. The van der Waals surface area contributed by atoms with Crippen molar-refractivity contribution in [2.24, 2.45) is 0 Å². The summed E-state index contributed by atoms with van der Waals surface area (Å²) >= 11 is 59.5. The van der Waals surface area contributed by atoms with E-state index >= 15 is 0 Å². The lowest BCUT2D eigenvalue weighted by molar-refractivity contribution is 0.198. The van der Waals surface area contributed by atoms with Gasteiger partial charge in [0.1, 0.15) is 0 Å². The van der Waals surface area contributed by atoms with Crippen LogP contribution in [0, 0.1) is 0 Å². The highest BCUT2D eigenvalue weighted by atomic mass is 35.6. The van der Waals surface area contributed by atoms with E-state index in [1.165, 1.54) is 25.1 Å². The Kier molecular flexibility index (Phi) is 7.64. The second kappa shape index (κ2) is 7.60. The topological polar surface area (TPSA) is 20.2 Å². The number of hydrogen-bond donors (Lipinski definition) is 1. The van der Waals surface area contributed by atoms with Crippen molar-refractivity contribution in [2.75, 3.05) is 0 Å². The zero-order chi connectivity index (χ0) is 18.4. The van der Waals surface area contributed by atoms with Gasteiger partial charge in [0, 0.05) is 0 Å². The van der Waals surface area contributed by atoms with E-state index < -0.39 is 22.4 Å². The van der Waals surface area contributed by atoms with Gasteiger partial charge in [-0.15, -0.1) is 0 Å². The van der Waals surface area contributed by atoms with E-state index in [-0.39, 0.29) is 11.1 Å². The number of alkyl halides is 10. The predicted molar refractivity (Wildman–Crippen MR) is 104 cm³/mol. The molecule has 11 heteroatoms. The van der Waals surface area contributed by atoms with E-state index in [2.05, 4.69) is 0 Å². The maximum absolute atomic E-state index is 9.90. The maximum Gasteiger partial charge on any atom is 0.227 e. The molecule has 0 aliphatic heterocycles. The van der Waals surface area contributed by atoms with Crippen molar-refractivity contribution < 1.29 is 5.11 Å². The molecule has 23 heavy (non-hydrogen) atoms. The predicted octanol–water partition coefficient (Wildman–Crippen LogP) is 7.74. The Bertz CT molecular complexity index is 570. The molecule has 1 atom stereocenters. The molecule has 1 aromatic rings. The van der Waals surface area contributed by atoms with Crippen LogP contribution < -0.4 is 0 Å². The largest absolute Gasteiger partial charge is 0.389 e. The van der Waals surface area contributed by atoms with Gasteiger partial charge in [-0.05, 0) is 29.7 Å². The molecule has 132 valence electrons. The Labute approximate surface area is 183 Å². The van der Waals surface area contributed by atoms with Gasteiger partial charge >= 0.3 is 0 Å². The molecule has 1 aromatic carbocycles. The summed E-state index contributed by atoms with van der Waals surface area (Å²) in [7, 11) is 0. The lowest BCUT2D eigenvalue weighted by atomic mass is 9.96. The minimum absolute atomic E-state index is 0.0632. The monoisotopic (exact) mass is 518 g/mol. The first-order valence-corrected chi connectivity index (χ1v) is 9.53. The first kappa shape index (κ1) is 23.1. The molecule has 0 bridgehead atoms. The number of aliphatic hydroxyl groups excluding tert-OH is 1. The lowest BCUT2D eigenvalue weighted by Crippen LogP contribution is -2.32. The van der Waals surface area contributed by atoms with Crippen LogP contribution in [0.25, 0.3) is 0 Å². The average molecular weight is 523 g/mol. The summed E-state index contributed by atoms with van der Waals surface area (Å²) in [4.78, 5) is 0. The van der Waals surface area contributed by atoms with Crippen molar-refractivity contribution in [1.29, 1.82) is 0 Å². The molecule has 0 aliphatic carbocycles. The Hall–Kier alpha value is 2.08. The molecule has 0 amide bonds. The van der Waals surface area contributed by atoms with Crippen LogP contribution in [0.5, 0.6) is 0 Å². The van der Waals surface area contributed by atoms with Crippen molar-refractivity contribution >= 4 is 116 Å². The Morgan fingerprint density at radius 2 is 1.22 bits per heavy atom. The van der Waals surface area contributed by atoms with Gasteiger partial charge in [-0.1, -0.05) is 128 Å². The van der Waals surface area contributed by atoms with Crippen LogP contribution in [-0.4, -0.2) is 12.7 Å². The van der Waals surface area contributed by atoms with E-state index in [1.54, 1.807) is 0 Å². The third kappa shape index (κ3) is 4.87. The fourth-order valence-electron chi connectivity index (χ4n) is 1.70. The molecule has 1 N–H and O–H groups in total. The van der Waals surface area contributed by atoms with Gasteiger partial charge in [-0.25, -0.2) is 0 Å². The highest BCUT2D eigenvalue weighted by Crippen LogP contribution is 2.57. The van der Waals surface area contributed by atoms with Gasteiger partial charge in [0.2, 0.25) is 7.59 Å². The lowest BCUT2D eigenvalue weighted by Gasteiger charge is -2.33. The summed E-state index contributed by atoms with van der Waals surface area (Å²) in [6.07, 6.45) is -0.976. The first-order valence-electron chi connectivity index (χ1n) is 5.75. The summed E-state index contributed by atoms with van der Waals surface area (Å²) in [5, 5.41) is 9.90. The smallest absolute Gasteiger partial charge is 0.227 e. The van der Waals surface area contributed by atoms with Gasteiger partial charge in [0.05, 0.1) is 6.10 Å². The zero-order valence-electron chi connectivity index (χ0n) is 11.0. The van der Waals surface area contributed by atoms with Crippen LogP contribution in [0.15, 0.2) is 18.2 Å². The Balaban J connectivity index is 3.65. The van der Waals surface area contributed by atoms with Crippen LogP contribution >= 0.6 is 116 Å². The fourth-order valence-corrected chi connectivity index (χ4v) is 2.90. The average Bonchev–Trinajstić information content (AvgIpc) is 2.35. The van der Waals surface area contributed by atoms with Gasteiger partial charge in [-0.3, -0.25) is 0 Å². The molecule has 0 aromatic heterocycles. The molecule has 0 saturated heterocycles. The minimum Gasteiger partial charge on any atom is -0.389 e. The van der Waals surface area contributed by atoms with Crippen LogP contribution in [0.2, 0.25) is 0 Å². The van der Waals surface area contributed by atoms with Crippen LogP contribution in [0.3, 0.4) is 0 Å². The third-order valence-electron chi connectivity index (χ3n) is 2.92. The highest BCUT2D eigenvalue weighted by Gasteiger charge is 2.51. The summed E-state index contributed by atoms with van der Waals surface area (Å²) < 4.78 is -8.17. The minimum atomic E-state index is -2.13. The van der Waals surface area contributed by atoms with E-state index in [0.717, 1.165) is 0 Å². The van der Waals surface area contributed by atoms with Gasteiger partial charge < -0.3 is 5.11 Å². The molecule has 1 unspecified atom stereocenters. The van der Waals surface area contributed by atoms with Crippen LogP contribution in [-0.2, 0) is 8.67 Å². The molecule has 0 saturated carbocycles. The fraction of sp³-hybridized carbons (Fsp3) is 0.500. The maximum atomic E-state index is 9.90. The molecule has 0 aliphatic rings. The molecule has 0 heterocycles. The SMILES string of the molecule is CC(O)c1ccc(C(Cl)(Cl)C(Cl)(Cl)Cl)cc1C(Cl)(Cl)C(Cl)(Cl)Cl. The Morgan fingerprint density at radius 1 is 0.783 bits per heavy atom. The number of hydrogen-bond acceptors (Lipinski definition) is 1. The zero-order valence-corrected chi connectivity index (χ0v) is 18.6. The standard InChI is InChI=1S/C12H8Cl10O/c1-5(23)7-3-2-6(9(13,14)11(17,18)19)4-8(7)10(15,16)12(20,21)22/h2-5,23H,1H3. The normalized spacial score (nSPS) is 15.7. The molecule has 0 fully saturated rings. The van der Waals surface area contributed by atoms with Gasteiger partial charge in [-0.2, -0.15) is 0 Å². The van der Waals surface area contributed by atoms with Crippen molar-refractivity contribution in [1.82, 2.24) is 0 Å². The van der Waals surface area contributed by atoms with E-state index in [4.69, 9.17) is 116 Å². The first-order chi connectivity index (χ1) is 10.0. The Morgan fingerprint density at radius 3 is 1.57 bits per heavy atom. The summed E-state index contributed by atoms with van der Waals surface area (Å²) in [5.41, 5.74) is 0.493. The summed E-state index contributed by atoms with van der Waals surface area (Å²) in [6.45, 7) is 1.48. The van der Waals surface area contributed by atoms with Crippen molar-refractivity contribution in [3.8, 4) is 0 Å². The van der Waals surface area contributed by atoms with E-state index in [9.17, 15) is 5.11 Å². The van der Waals surface area contributed by atoms with Crippen LogP contribution in [0.1, 0.15) is 29.7 Å². The number of benzene rings is 1. The van der Waals surface area contributed by atoms with Crippen LogP contribution in [0.4, 0.5) is 0 Å². The van der Waals surface area contributed by atoms with E-state index in [1.807, 2.05) is 0 Å². The molecule has 0 radical (unpaired) electrons. The quantitative estimate of drug-likeness (QED) is 0.403. The van der Waals surface area contributed by atoms with Gasteiger partial charge in [0.25, 0.3) is 0 Å². The summed E-state index contributed by atoms with van der Waals surface area (Å²) in [5.74, 6) is 0. The van der Waals surface area contributed by atoms with Crippen molar-refractivity contribution in [3.05, 3.63) is 34.9 Å². The molecule has 0 spiro atoms. The van der Waals surface area contributed by atoms with E-state index in [0.29, 0.717) is 5.56 Å². The molecule has 1 nitrogen and oxygen atoms in total. The van der Waals surface area contributed by atoms with Crippen molar-refractivity contribution in [3.63, 3.8) is 0 Å². The number of rotatable bonds is 3. The van der Waals surface area contributed by atoms with Gasteiger partial charge in [0.15, 0.2) is 8.67 Å². The molecular weight excluding hydrogens is 515 g/mol.